The van der Waals surface area contributed by atoms with Gasteiger partial charge in [-0.05, 0) is 63.0 Å². The number of hydrogen-bond donors (Lipinski definition) is 3. The zero-order chi connectivity index (χ0) is 24.1. The Bertz CT molecular complexity index is 1310. The number of carboxylic acid groups (broad SMARTS) is 1. The average molecular weight is 544 g/mol. The van der Waals surface area contributed by atoms with E-state index in [1.807, 2.05) is 66.9 Å². The van der Waals surface area contributed by atoms with Crippen molar-refractivity contribution in [2.24, 2.45) is 0 Å². The van der Waals surface area contributed by atoms with Crippen molar-refractivity contribution < 1.29 is 19.4 Å². The quantitative estimate of drug-likeness (QED) is 0.230. The number of aliphatic carboxylic acids is 1. The van der Waals surface area contributed by atoms with Crippen LogP contribution in [0.3, 0.4) is 0 Å². The van der Waals surface area contributed by atoms with Gasteiger partial charge in [-0.25, -0.2) is 0 Å². The van der Waals surface area contributed by atoms with E-state index in [1.165, 1.54) is 0 Å². The number of hydrogen-bond acceptors (Lipinski definition) is 4. The van der Waals surface area contributed by atoms with Gasteiger partial charge in [-0.15, -0.1) is 0 Å². The van der Waals surface area contributed by atoms with E-state index in [0.717, 1.165) is 27.6 Å². The summed E-state index contributed by atoms with van der Waals surface area (Å²) >= 11 is 9.61. The van der Waals surface area contributed by atoms with Crippen molar-refractivity contribution in [2.45, 2.75) is 25.6 Å². The predicted molar refractivity (Wildman–Crippen MR) is 137 cm³/mol. The van der Waals surface area contributed by atoms with Gasteiger partial charge in [-0.2, -0.15) is 0 Å². The van der Waals surface area contributed by atoms with E-state index in [9.17, 15) is 9.90 Å². The molecule has 4 rings (SSSR count). The molecule has 0 aliphatic carbocycles. The SMILES string of the molecule is COc1cc(CN[C@@H](Cc2c[nH]c3ccccc23)C(=O)O)cc(Br)c1OCc1cccc(Cl)c1. The number of rotatable bonds is 10. The van der Waals surface area contributed by atoms with Crippen molar-refractivity contribution in [3.05, 3.63) is 93.0 Å². The maximum absolute atomic E-state index is 11.9. The van der Waals surface area contributed by atoms with Crippen LogP contribution in [0.2, 0.25) is 5.02 Å². The molecule has 0 aliphatic heterocycles. The first-order valence-electron chi connectivity index (χ1n) is 10.7. The number of ether oxygens (including phenoxy) is 2. The fraction of sp³-hybridized carbons (Fsp3) is 0.192. The Kier molecular flexibility index (Phi) is 7.77. The average Bonchev–Trinajstić information content (AvgIpc) is 3.23. The standard InChI is InChI=1S/C26H24BrClN2O4/c1-33-24-11-17(10-21(27)25(24)34-15-16-5-4-6-19(28)9-16)13-29-23(26(31)32)12-18-14-30-22-8-3-2-7-20(18)22/h2-11,14,23,29-30H,12-13,15H2,1H3,(H,31,32)/t23-/m0/s1. The molecule has 0 saturated heterocycles. The molecule has 6 nitrogen and oxygen atoms in total. The zero-order valence-corrected chi connectivity index (χ0v) is 20.8. The summed E-state index contributed by atoms with van der Waals surface area (Å²) in [4.78, 5) is 15.1. The highest BCUT2D eigenvalue weighted by Crippen LogP contribution is 2.37. The van der Waals surface area contributed by atoms with Crippen LogP contribution in [0.4, 0.5) is 0 Å². The van der Waals surface area contributed by atoms with Gasteiger partial charge in [0, 0.05) is 35.1 Å². The van der Waals surface area contributed by atoms with E-state index in [4.69, 9.17) is 21.1 Å². The van der Waals surface area contributed by atoms with Crippen molar-refractivity contribution in [3.8, 4) is 11.5 Å². The van der Waals surface area contributed by atoms with E-state index in [0.29, 0.717) is 40.6 Å². The Morgan fingerprint density at radius 2 is 1.97 bits per heavy atom. The number of carbonyl (C=O) groups is 1. The second kappa shape index (κ2) is 11.0. The van der Waals surface area contributed by atoms with Crippen LogP contribution in [0.15, 0.2) is 71.3 Å². The Labute approximate surface area is 211 Å². The van der Waals surface area contributed by atoms with Gasteiger partial charge in [0.25, 0.3) is 0 Å². The van der Waals surface area contributed by atoms with Crippen molar-refractivity contribution in [2.75, 3.05) is 7.11 Å². The number of nitrogens with one attached hydrogen (secondary N) is 2. The van der Waals surface area contributed by atoms with Gasteiger partial charge < -0.3 is 24.9 Å². The first-order chi connectivity index (χ1) is 16.4. The number of aromatic amines is 1. The predicted octanol–water partition coefficient (Wildman–Crippen LogP) is 5.96. The maximum atomic E-state index is 11.9. The molecule has 0 unspecified atom stereocenters. The van der Waals surface area contributed by atoms with E-state index in [1.54, 1.807) is 7.11 Å². The molecule has 8 heteroatoms. The van der Waals surface area contributed by atoms with E-state index >= 15 is 0 Å². The van der Waals surface area contributed by atoms with Gasteiger partial charge in [0.05, 0.1) is 11.6 Å². The Balaban J connectivity index is 1.45. The maximum Gasteiger partial charge on any atom is 0.321 e. The van der Waals surface area contributed by atoms with Crippen LogP contribution < -0.4 is 14.8 Å². The van der Waals surface area contributed by atoms with E-state index < -0.39 is 12.0 Å². The molecule has 1 aromatic heterocycles. The Morgan fingerprint density at radius 1 is 1.15 bits per heavy atom. The number of aromatic nitrogens is 1. The molecule has 1 heterocycles. The third kappa shape index (κ3) is 5.73. The fourth-order valence-electron chi connectivity index (χ4n) is 3.81. The van der Waals surface area contributed by atoms with Crippen LogP contribution >= 0.6 is 27.5 Å². The second-order valence-corrected chi connectivity index (χ2v) is 9.15. The highest BCUT2D eigenvalue weighted by molar-refractivity contribution is 9.10. The number of benzene rings is 3. The molecule has 0 saturated carbocycles. The highest BCUT2D eigenvalue weighted by Gasteiger charge is 2.20. The van der Waals surface area contributed by atoms with Crippen LogP contribution in [0, 0.1) is 0 Å². The number of fused-ring (bicyclic) bond motifs is 1. The number of carboxylic acids is 1. The third-order valence-electron chi connectivity index (χ3n) is 5.51. The van der Waals surface area contributed by atoms with Crippen LogP contribution in [0.1, 0.15) is 16.7 Å². The Morgan fingerprint density at radius 3 is 2.74 bits per heavy atom. The van der Waals surface area contributed by atoms with Gasteiger partial charge >= 0.3 is 5.97 Å². The molecule has 0 bridgehead atoms. The van der Waals surface area contributed by atoms with E-state index in [-0.39, 0.29) is 0 Å². The number of halogens is 2. The normalized spacial score (nSPS) is 12.0. The van der Waals surface area contributed by atoms with Crippen LogP contribution in [0.25, 0.3) is 10.9 Å². The lowest BCUT2D eigenvalue weighted by atomic mass is 10.0. The summed E-state index contributed by atoms with van der Waals surface area (Å²) in [5.74, 6) is 0.217. The van der Waals surface area contributed by atoms with Gasteiger partial charge in [0.15, 0.2) is 11.5 Å². The molecule has 3 aromatic carbocycles. The molecule has 0 amide bonds. The van der Waals surface area contributed by atoms with Crippen molar-refractivity contribution in [1.29, 1.82) is 0 Å². The molecular formula is C26H24BrClN2O4. The summed E-state index contributed by atoms with van der Waals surface area (Å²) in [5, 5.41) is 14.6. The van der Waals surface area contributed by atoms with Gasteiger partial charge in [0.1, 0.15) is 12.6 Å². The summed E-state index contributed by atoms with van der Waals surface area (Å²) < 4.78 is 12.2. The summed E-state index contributed by atoms with van der Waals surface area (Å²) in [5.41, 5.74) is 3.75. The molecule has 4 aromatic rings. The zero-order valence-electron chi connectivity index (χ0n) is 18.5. The minimum Gasteiger partial charge on any atom is -0.493 e. The molecule has 176 valence electrons. The molecule has 0 spiro atoms. The van der Waals surface area contributed by atoms with Crippen molar-refractivity contribution >= 4 is 44.4 Å². The molecule has 3 N–H and O–H groups in total. The summed E-state index contributed by atoms with van der Waals surface area (Å²) in [6.07, 6.45) is 2.23. The minimum atomic E-state index is -0.905. The summed E-state index contributed by atoms with van der Waals surface area (Å²) in [6.45, 7) is 0.682. The number of para-hydroxylation sites is 1. The lowest BCUT2D eigenvalue weighted by Gasteiger charge is -2.17. The Hall–Kier alpha value is -3.00. The van der Waals surface area contributed by atoms with Crippen molar-refractivity contribution in [1.82, 2.24) is 10.3 Å². The summed E-state index contributed by atoms with van der Waals surface area (Å²) in [7, 11) is 1.57. The summed E-state index contributed by atoms with van der Waals surface area (Å²) in [6, 6.07) is 18.3. The third-order valence-corrected chi connectivity index (χ3v) is 6.34. The van der Waals surface area contributed by atoms with E-state index in [2.05, 4.69) is 26.2 Å². The van der Waals surface area contributed by atoms with Gasteiger partial charge in [-0.3, -0.25) is 4.79 Å². The van der Waals surface area contributed by atoms with Gasteiger partial charge in [0.2, 0.25) is 0 Å². The molecule has 0 fully saturated rings. The van der Waals surface area contributed by atoms with Gasteiger partial charge in [-0.1, -0.05) is 41.9 Å². The van der Waals surface area contributed by atoms with Crippen LogP contribution in [-0.2, 0) is 24.4 Å². The highest BCUT2D eigenvalue weighted by atomic mass is 79.9. The largest absolute Gasteiger partial charge is 0.493 e. The lowest BCUT2D eigenvalue weighted by Crippen LogP contribution is -2.38. The smallest absolute Gasteiger partial charge is 0.321 e. The van der Waals surface area contributed by atoms with Crippen molar-refractivity contribution in [3.63, 3.8) is 0 Å². The second-order valence-electron chi connectivity index (χ2n) is 7.86. The minimum absolute atomic E-state index is 0.332. The van der Waals surface area contributed by atoms with Crippen LogP contribution in [-0.4, -0.2) is 29.2 Å². The monoisotopic (exact) mass is 542 g/mol. The molecule has 1 atom stereocenters. The molecule has 34 heavy (non-hydrogen) atoms. The molecular weight excluding hydrogens is 520 g/mol. The fourth-order valence-corrected chi connectivity index (χ4v) is 4.62. The number of methoxy groups -OCH3 is 1. The lowest BCUT2D eigenvalue weighted by molar-refractivity contribution is -0.139. The van der Waals surface area contributed by atoms with Crippen LogP contribution in [0.5, 0.6) is 11.5 Å². The molecule has 0 radical (unpaired) electrons. The first-order valence-corrected chi connectivity index (χ1v) is 11.9. The number of H-pyrrole nitrogens is 1. The topological polar surface area (TPSA) is 83.6 Å². The molecule has 0 aliphatic rings. The first kappa shape index (κ1) is 24.1.